The molecule has 1 heterocycles. The van der Waals surface area contributed by atoms with E-state index in [0.717, 1.165) is 19.3 Å². The molecule has 1 aliphatic carbocycles. The van der Waals surface area contributed by atoms with Gasteiger partial charge in [0.2, 0.25) is 5.91 Å². The lowest BCUT2D eigenvalue weighted by atomic mass is 9.85. The average molecular weight is 527 g/mol. The largest absolute Gasteiger partial charge is 0.457 e. The molecule has 200 valence electrons. The van der Waals surface area contributed by atoms with Crippen LogP contribution >= 0.6 is 0 Å². The van der Waals surface area contributed by atoms with Gasteiger partial charge in [-0.2, -0.15) is 5.10 Å². The molecular formula is C31H31FN4O3. The fourth-order valence-electron chi connectivity index (χ4n) is 5.28. The first-order valence-corrected chi connectivity index (χ1v) is 13.3. The first kappa shape index (κ1) is 26.3. The summed E-state index contributed by atoms with van der Waals surface area (Å²) in [7, 11) is 0. The van der Waals surface area contributed by atoms with Crippen LogP contribution in [0.25, 0.3) is 0 Å². The Morgan fingerprint density at radius 1 is 0.897 bits per heavy atom. The fourth-order valence-corrected chi connectivity index (χ4v) is 5.28. The van der Waals surface area contributed by atoms with Crippen molar-refractivity contribution in [2.75, 3.05) is 5.32 Å². The molecule has 5 rings (SSSR count). The number of hydrogen-bond acceptors (Lipinski definition) is 5. The van der Waals surface area contributed by atoms with Gasteiger partial charge in [0, 0.05) is 17.5 Å². The molecule has 0 radical (unpaired) electrons. The Hall–Kier alpha value is -4.33. The summed E-state index contributed by atoms with van der Waals surface area (Å²) in [6.45, 7) is 0.200. The van der Waals surface area contributed by atoms with Crippen LogP contribution in [0.3, 0.4) is 0 Å². The van der Waals surface area contributed by atoms with Crippen molar-refractivity contribution < 1.29 is 18.7 Å². The molecule has 1 aromatic heterocycles. The van der Waals surface area contributed by atoms with Crippen molar-refractivity contribution in [1.82, 2.24) is 14.8 Å². The number of nitrogens with zero attached hydrogens (tertiary/aromatic N) is 3. The summed E-state index contributed by atoms with van der Waals surface area (Å²) < 4.78 is 20.4. The van der Waals surface area contributed by atoms with Crippen LogP contribution in [0.15, 0.2) is 91.5 Å². The molecule has 0 saturated heterocycles. The Kier molecular flexibility index (Phi) is 8.41. The summed E-state index contributed by atoms with van der Waals surface area (Å²) in [5, 5.41) is 7.13. The standard InChI is InChI=1S/C31H31FN4O3/c32-26-8-12-28(13-9-26)39-29-14-10-27(11-15-29)35-31(38)25-7-6-24(30(37)19-36-21-33-20-34-36)17-23(18-25)16-22-4-2-1-3-5-22/h1-5,8-15,20-21,23-25H,6-7,16-19H2,(H,35,38). The number of nitrogens with one attached hydrogen (secondary N) is 1. The molecule has 3 aromatic carbocycles. The number of ketones is 1. The number of benzene rings is 3. The van der Waals surface area contributed by atoms with Crippen molar-refractivity contribution in [3.8, 4) is 11.5 Å². The van der Waals surface area contributed by atoms with E-state index in [1.165, 1.54) is 24.0 Å². The van der Waals surface area contributed by atoms with E-state index in [4.69, 9.17) is 4.74 Å². The fraction of sp³-hybridized carbons (Fsp3) is 0.290. The number of aromatic nitrogens is 3. The van der Waals surface area contributed by atoms with Crippen LogP contribution in [0.5, 0.6) is 11.5 Å². The van der Waals surface area contributed by atoms with E-state index < -0.39 is 0 Å². The number of carbonyl (C=O) groups is 2. The molecule has 1 saturated carbocycles. The van der Waals surface area contributed by atoms with Crippen LogP contribution in [0.1, 0.15) is 31.2 Å². The minimum Gasteiger partial charge on any atom is -0.457 e. The van der Waals surface area contributed by atoms with E-state index in [1.54, 1.807) is 47.4 Å². The third kappa shape index (κ3) is 7.37. The molecule has 1 N–H and O–H groups in total. The average Bonchev–Trinajstić information content (AvgIpc) is 3.36. The number of rotatable bonds is 9. The van der Waals surface area contributed by atoms with Crippen LogP contribution in [-0.2, 0) is 22.6 Å². The van der Waals surface area contributed by atoms with Crippen LogP contribution in [0.4, 0.5) is 10.1 Å². The van der Waals surface area contributed by atoms with Gasteiger partial charge in [-0.15, -0.1) is 0 Å². The summed E-state index contributed by atoms with van der Waals surface area (Å²) in [6, 6.07) is 23.2. The Balaban J connectivity index is 1.24. The Bertz CT molecular complexity index is 1360. The summed E-state index contributed by atoms with van der Waals surface area (Å²) in [5.74, 6) is 0.787. The predicted molar refractivity (Wildman–Crippen MR) is 146 cm³/mol. The summed E-state index contributed by atoms with van der Waals surface area (Å²) in [4.78, 5) is 30.5. The normalized spacial score (nSPS) is 19.2. The van der Waals surface area contributed by atoms with Crippen molar-refractivity contribution >= 4 is 17.4 Å². The maximum atomic E-state index is 13.4. The minimum absolute atomic E-state index is 0.0374. The molecule has 1 fully saturated rings. The lowest BCUT2D eigenvalue weighted by Gasteiger charge is -2.21. The van der Waals surface area contributed by atoms with Crippen LogP contribution in [0.2, 0.25) is 0 Å². The van der Waals surface area contributed by atoms with Gasteiger partial charge in [-0.25, -0.2) is 14.1 Å². The van der Waals surface area contributed by atoms with Gasteiger partial charge in [-0.3, -0.25) is 9.59 Å². The van der Waals surface area contributed by atoms with E-state index >= 15 is 0 Å². The molecule has 0 bridgehead atoms. The molecule has 0 spiro atoms. The molecule has 39 heavy (non-hydrogen) atoms. The van der Waals surface area contributed by atoms with Gasteiger partial charge < -0.3 is 10.1 Å². The van der Waals surface area contributed by atoms with Crippen molar-refractivity contribution in [2.45, 2.75) is 38.6 Å². The number of amides is 1. The highest BCUT2D eigenvalue weighted by Gasteiger charge is 2.33. The summed E-state index contributed by atoms with van der Waals surface area (Å²) >= 11 is 0. The Morgan fingerprint density at radius 2 is 1.56 bits per heavy atom. The molecule has 0 aliphatic heterocycles. The second-order valence-corrected chi connectivity index (χ2v) is 10.1. The molecule has 3 unspecified atom stereocenters. The molecular weight excluding hydrogens is 495 g/mol. The number of carbonyl (C=O) groups excluding carboxylic acids is 2. The third-order valence-electron chi connectivity index (χ3n) is 7.25. The third-order valence-corrected chi connectivity index (χ3v) is 7.25. The van der Waals surface area contributed by atoms with Gasteiger partial charge in [0.25, 0.3) is 0 Å². The Labute approximate surface area is 227 Å². The van der Waals surface area contributed by atoms with Crippen molar-refractivity contribution in [3.05, 3.63) is 103 Å². The zero-order valence-corrected chi connectivity index (χ0v) is 21.6. The van der Waals surface area contributed by atoms with E-state index in [2.05, 4.69) is 27.5 Å². The predicted octanol–water partition coefficient (Wildman–Crippen LogP) is 6.08. The summed E-state index contributed by atoms with van der Waals surface area (Å²) in [5.41, 5.74) is 1.89. The topological polar surface area (TPSA) is 86.1 Å². The van der Waals surface area contributed by atoms with E-state index in [9.17, 15) is 14.0 Å². The lowest BCUT2D eigenvalue weighted by molar-refractivity contribution is -0.124. The van der Waals surface area contributed by atoms with Crippen LogP contribution in [0, 0.1) is 23.6 Å². The van der Waals surface area contributed by atoms with Crippen LogP contribution in [-0.4, -0.2) is 26.5 Å². The number of halogens is 1. The molecule has 8 heteroatoms. The SMILES string of the molecule is O=C(Cn1cncn1)C1CCC(C(=O)Nc2ccc(Oc3ccc(F)cc3)cc2)CC(Cc2ccccc2)C1. The number of anilines is 1. The lowest BCUT2D eigenvalue weighted by Crippen LogP contribution is -2.24. The monoisotopic (exact) mass is 526 g/mol. The first-order chi connectivity index (χ1) is 19.0. The molecule has 4 aromatic rings. The van der Waals surface area contributed by atoms with E-state index in [0.29, 0.717) is 30.0 Å². The molecule has 1 amide bonds. The van der Waals surface area contributed by atoms with Gasteiger partial charge in [0.05, 0.1) is 0 Å². The second-order valence-electron chi connectivity index (χ2n) is 10.1. The van der Waals surface area contributed by atoms with Gasteiger partial charge in [0.15, 0.2) is 5.78 Å². The highest BCUT2D eigenvalue weighted by molar-refractivity contribution is 5.92. The second kappa shape index (κ2) is 12.5. The number of hydrogen-bond donors (Lipinski definition) is 1. The molecule has 3 atom stereocenters. The molecule has 1 aliphatic rings. The zero-order chi connectivity index (χ0) is 27.0. The van der Waals surface area contributed by atoms with Crippen molar-refractivity contribution in [1.29, 1.82) is 0 Å². The van der Waals surface area contributed by atoms with Gasteiger partial charge in [-0.05, 0) is 92.1 Å². The maximum absolute atomic E-state index is 13.4. The maximum Gasteiger partial charge on any atom is 0.227 e. The smallest absolute Gasteiger partial charge is 0.227 e. The molecule has 7 nitrogen and oxygen atoms in total. The van der Waals surface area contributed by atoms with Gasteiger partial charge in [-0.1, -0.05) is 30.3 Å². The number of Topliss-reactive ketones (excluding diaryl/α,β-unsaturated/α-hetero) is 1. The summed E-state index contributed by atoms with van der Waals surface area (Å²) in [6.07, 6.45) is 6.61. The van der Waals surface area contributed by atoms with E-state index in [1.807, 2.05) is 18.2 Å². The minimum atomic E-state index is -0.323. The Morgan fingerprint density at radius 3 is 2.26 bits per heavy atom. The van der Waals surface area contributed by atoms with Gasteiger partial charge in [0.1, 0.15) is 36.5 Å². The number of ether oxygens (including phenoxy) is 1. The quantitative estimate of drug-likeness (QED) is 0.267. The van der Waals surface area contributed by atoms with E-state index in [-0.39, 0.29) is 41.8 Å². The van der Waals surface area contributed by atoms with Crippen molar-refractivity contribution in [2.24, 2.45) is 17.8 Å². The highest BCUT2D eigenvalue weighted by atomic mass is 19.1. The van der Waals surface area contributed by atoms with Gasteiger partial charge >= 0.3 is 0 Å². The first-order valence-electron chi connectivity index (χ1n) is 13.3. The highest BCUT2D eigenvalue weighted by Crippen LogP contribution is 2.35. The zero-order valence-electron chi connectivity index (χ0n) is 21.6. The van der Waals surface area contributed by atoms with Crippen LogP contribution < -0.4 is 10.1 Å². The van der Waals surface area contributed by atoms with Crippen molar-refractivity contribution in [3.63, 3.8) is 0 Å².